The number of ketones is 1. The van der Waals surface area contributed by atoms with Crippen LogP contribution in [0.15, 0.2) is 53.4 Å². The molecule has 0 N–H and O–H groups in total. The fourth-order valence-electron chi connectivity index (χ4n) is 3.04. The molecule has 0 saturated carbocycles. The number of carbonyl (C=O) groups is 1. The molecule has 0 aromatic heterocycles. The van der Waals surface area contributed by atoms with Gasteiger partial charge in [0.1, 0.15) is 5.82 Å². The van der Waals surface area contributed by atoms with Crippen molar-refractivity contribution in [2.75, 3.05) is 32.7 Å². The van der Waals surface area contributed by atoms with E-state index in [0.717, 1.165) is 5.56 Å². The van der Waals surface area contributed by atoms with Gasteiger partial charge in [-0.3, -0.25) is 9.69 Å². The predicted molar refractivity (Wildman–Crippen MR) is 97.1 cm³/mol. The van der Waals surface area contributed by atoms with Crippen LogP contribution < -0.4 is 0 Å². The number of hydrogen-bond donors (Lipinski definition) is 0. The van der Waals surface area contributed by atoms with Crippen molar-refractivity contribution >= 4 is 15.8 Å². The third-order valence-electron chi connectivity index (χ3n) is 4.58. The molecular formula is C19H21FN2O3S. The third-order valence-corrected chi connectivity index (χ3v) is 6.63. The molecule has 1 aliphatic rings. The Labute approximate surface area is 153 Å². The maximum Gasteiger partial charge on any atom is 0.243 e. The van der Waals surface area contributed by atoms with E-state index >= 15 is 0 Å². The second kappa shape index (κ2) is 7.65. The van der Waals surface area contributed by atoms with E-state index in [0.29, 0.717) is 36.6 Å². The largest absolute Gasteiger partial charge is 0.293 e. The van der Waals surface area contributed by atoms with E-state index in [4.69, 9.17) is 0 Å². The Hall–Kier alpha value is -2.09. The first-order chi connectivity index (χ1) is 12.4. The molecule has 1 heterocycles. The normalized spacial score (nSPS) is 16.5. The molecule has 7 heteroatoms. The summed E-state index contributed by atoms with van der Waals surface area (Å²) in [5.41, 5.74) is 1.18. The molecule has 2 aromatic carbocycles. The highest BCUT2D eigenvalue weighted by molar-refractivity contribution is 7.89. The van der Waals surface area contributed by atoms with Crippen LogP contribution in [0.4, 0.5) is 4.39 Å². The minimum atomic E-state index is -3.52. The predicted octanol–water partition coefficient (Wildman–Crippen LogP) is 2.32. The summed E-state index contributed by atoms with van der Waals surface area (Å²) in [4.78, 5) is 14.5. The molecule has 1 fully saturated rings. The maximum atomic E-state index is 12.9. The quantitative estimate of drug-likeness (QED) is 0.752. The summed E-state index contributed by atoms with van der Waals surface area (Å²) < 4.78 is 40.0. The van der Waals surface area contributed by atoms with Gasteiger partial charge in [-0.2, -0.15) is 4.31 Å². The van der Waals surface area contributed by atoms with Crippen LogP contribution in [0, 0.1) is 12.7 Å². The van der Waals surface area contributed by atoms with Crippen LogP contribution >= 0.6 is 0 Å². The van der Waals surface area contributed by atoms with E-state index in [9.17, 15) is 17.6 Å². The van der Waals surface area contributed by atoms with E-state index in [-0.39, 0.29) is 18.1 Å². The van der Waals surface area contributed by atoms with Crippen molar-refractivity contribution in [3.8, 4) is 0 Å². The molecule has 0 bridgehead atoms. The van der Waals surface area contributed by atoms with Crippen LogP contribution in [-0.4, -0.2) is 56.1 Å². The van der Waals surface area contributed by atoms with Gasteiger partial charge in [0.05, 0.1) is 11.4 Å². The number of piperazine rings is 1. The van der Waals surface area contributed by atoms with Gasteiger partial charge < -0.3 is 0 Å². The smallest absolute Gasteiger partial charge is 0.243 e. The summed E-state index contributed by atoms with van der Waals surface area (Å²) >= 11 is 0. The second-order valence-electron chi connectivity index (χ2n) is 6.38. The number of halogens is 1. The zero-order valence-electron chi connectivity index (χ0n) is 14.6. The Morgan fingerprint density at radius 1 is 1.00 bits per heavy atom. The third kappa shape index (κ3) is 4.00. The monoisotopic (exact) mass is 376 g/mol. The Morgan fingerprint density at radius 3 is 2.23 bits per heavy atom. The van der Waals surface area contributed by atoms with Gasteiger partial charge in [0.25, 0.3) is 0 Å². The first-order valence-electron chi connectivity index (χ1n) is 8.45. The highest BCUT2D eigenvalue weighted by Crippen LogP contribution is 2.21. The van der Waals surface area contributed by atoms with Crippen molar-refractivity contribution in [1.82, 2.24) is 9.21 Å². The SMILES string of the molecule is Cc1ccccc1S(=O)(=O)N1CCN(CC(=O)c2ccc(F)cc2)CC1. The van der Waals surface area contributed by atoms with Gasteiger partial charge in [-0.15, -0.1) is 0 Å². The van der Waals surface area contributed by atoms with Gasteiger partial charge in [0.15, 0.2) is 5.78 Å². The number of sulfonamides is 1. The molecule has 1 saturated heterocycles. The topological polar surface area (TPSA) is 57.7 Å². The van der Waals surface area contributed by atoms with Crippen molar-refractivity contribution in [2.24, 2.45) is 0 Å². The molecule has 1 aliphatic heterocycles. The van der Waals surface area contributed by atoms with Gasteiger partial charge in [-0.1, -0.05) is 18.2 Å². The van der Waals surface area contributed by atoms with E-state index in [1.807, 2.05) is 11.0 Å². The zero-order valence-corrected chi connectivity index (χ0v) is 15.4. The van der Waals surface area contributed by atoms with Gasteiger partial charge in [0, 0.05) is 31.7 Å². The molecule has 138 valence electrons. The number of benzene rings is 2. The summed E-state index contributed by atoms with van der Waals surface area (Å²) in [7, 11) is -3.52. The van der Waals surface area contributed by atoms with Crippen LogP contribution in [0.1, 0.15) is 15.9 Å². The fraction of sp³-hybridized carbons (Fsp3) is 0.316. The van der Waals surface area contributed by atoms with Crippen LogP contribution in [-0.2, 0) is 10.0 Å². The number of Topliss-reactive ketones (excluding diaryl/α,β-unsaturated/α-hetero) is 1. The Morgan fingerprint density at radius 2 is 1.62 bits per heavy atom. The lowest BCUT2D eigenvalue weighted by atomic mass is 10.1. The molecule has 0 spiro atoms. The second-order valence-corrected chi connectivity index (χ2v) is 8.28. The standard InChI is InChI=1S/C19H21FN2O3S/c1-15-4-2-3-5-19(15)26(24,25)22-12-10-21(11-13-22)14-18(23)16-6-8-17(20)9-7-16/h2-9H,10-14H2,1H3. The molecule has 3 rings (SSSR count). The molecule has 5 nitrogen and oxygen atoms in total. The molecule has 0 unspecified atom stereocenters. The van der Waals surface area contributed by atoms with Crippen molar-refractivity contribution < 1.29 is 17.6 Å². The van der Waals surface area contributed by atoms with Crippen LogP contribution in [0.25, 0.3) is 0 Å². The number of hydrogen-bond acceptors (Lipinski definition) is 4. The summed E-state index contributed by atoms with van der Waals surface area (Å²) in [5.74, 6) is -0.475. The van der Waals surface area contributed by atoms with Crippen LogP contribution in [0.5, 0.6) is 0 Å². The molecule has 0 atom stereocenters. The van der Waals surface area contributed by atoms with Crippen molar-refractivity contribution in [1.29, 1.82) is 0 Å². The van der Waals surface area contributed by atoms with Crippen LogP contribution in [0.2, 0.25) is 0 Å². The first-order valence-corrected chi connectivity index (χ1v) is 9.89. The summed E-state index contributed by atoms with van der Waals surface area (Å²) in [6.45, 7) is 3.63. The Kier molecular flexibility index (Phi) is 5.50. The lowest BCUT2D eigenvalue weighted by Crippen LogP contribution is -2.49. The highest BCUT2D eigenvalue weighted by Gasteiger charge is 2.29. The molecule has 2 aromatic rings. The number of aryl methyl sites for hydroxylation is 1. The minimum absolute atomic E-state index is 0.0970. The van der Waals surface area contributed by atoms with Gasteiger partial charge in [-0.05, 0) is 42.8 Å². The zero-order chi connectivity index (χ0) is 18.7. The summed E-state index contributed by atoms with van der Waals surface area (Å²) in [5, 5.41) is 0. The number of nitrogens with zero attached hydrogens (tertiary/aromatic N) is 2. The summed E-state index contributed by atoms with van der Waals surface area (Å²) in [6, 6.07) is 12.4. The molecule has 0 radical (unpaired) electrons. The average molecular weight is 376 g/mol. The number of rotatable bonds is 5. The van der Waals surface area contributed by atoms with Crippen molar-refractivity contribution in [3.05, 3.63) is 65.5 Å². The van der Waals surface area contributed by atoms with E-state index < -0.39 is 10.0 Å². The Balaban J connectivity index is 1.61. The average Bonchev–Trinajstić information content (AvgIpc) is 2.63. The lowest BCUT2D eigenvalue weighted by Gasteiger charge is -2.33. The molecule has 0 aliphatic carbocycles. The molecular weight excluding hydrogens is 355 g/mol. The molecule has 26 heavy (non-hydrogen) atoms. The van der Waals surface area contributed by atoms with E-state index in [1.54, 1.807) is 25.1 Å². The van der Waals surface area contributed by atoms with Crippen LogP contribution in [0.3, 0.4) is 0 Å². The van der Waals surface area contributed by atoms with Gasteiger partial charge in [-0.25, -0.2) is 12.8 Å². The minimum Gasteiger partial charge on any atom is -0.293 e. The van der Waals surface area contributed by atoms with Crippen molar-refractivity contribution in [2.45, 2.75) is 11.8 Å². The first kappa shape index (κ1) is 18.7. The Bertz CT molecular complexity index is 889. The summed E-state index contributed by atoms with van der Waals surface area (Å²) in [6.07, 6.45) is 0. The fourth-order valence-corrected chi connectivity index (χ4v) is 4.69. The van der Waals surface area contributed by atoms with E-state index in [2.05, 4.69) is 0 Å². The van der Waals surface area contributed by atoms with Crippen molar-refractivity contribution in [3.63, 3.8) is 0 Å². The lowest BCUT2D eigenvalue weighted by molar-refractivity contribution is 0.0901. The highest BCUT2D eigenvalue weighted by atomic mass is 32.2. The maximum absolute atomic E-state index is 12.9. The van der Waals surface area contributed by atoms with Gasteiger partial charge in [0.2, 0.25) is 10.0 Å². The molecule has 0 amide bonds. The van der Waals surface area contributed by atoms with E-state index in [1.165, 1.54) is 28.6 Å². The van der Waals surface area contributed by atoms with Gasteiger partial charge >= 0.3 is 0 Å². The number of carbonyl (C=O) groups excluding carboxylic acids is 1.